The fraction of sp³-hybridized carbons (Fsp3) is 0.267. The minimum Gasteiger partial charge on any atom is -0.493 e. The summed E-state index contributed by atoms with van der Waals surface area (Å²) in [6.45, 7) is 0.761. The maximum absolute atomic E-state index is 11.9. The van der Waals surface area contributed by atoms with Crippen LogP contribution in [0.2, 0.25) is 0 Å². The van der Waals surface area contributed by atoms with Crippen LogP contribution in [0.4, 0.5) is 0 Å². The maximum atomic E-state index is 11.9. The van der Waals surface area contributed by atoms with Gasteiger partial charge in [-0.3, -0.25) is 9.78 Å². The van der Waals surface area contributed by atoms with E-state index in [0.29, 0.717) is 12.1 Å². The number of Topliss-reactive ketones (excluding diaryl/α,β-unsaturated/α-hetero) is 1. The number of carbonyl (C=O) groups excluding carboxylic acids is 1. The van der Waals surface area contributed by atoms with Crippen LogP contribution in [0.15, 0.2) is 36.8 Å². The number of aromatic nitrogens is 2. The van der Waals surface area contributed by atoms with E-state index in [1.807, 2.05) is 12.1 Å². The van der Waals surface area contributed by atoms with Gasteiger partial charge in [-0.25, -0.2) is 4.98 Å². The highest BCUT2D eigenvalue weighted by molar-refractivity contribution is 5.93. The summed E-state index contributed by atoms with van der Waals surface area (Å²) in [7, 11) is 0. The van der Waals surface area contributed by atoms with E-state index in [2.05, 4.69) is 16.0 Å². The normalized spacial score (nSPS) is 12.8. The highest BCUT2D eigenvalue weighted by Gasteiger charge is 2.13. The number of aryl methyl sites for hydroxylation is 1. The van der Waals surface area contributed by atoms with Gasteiger partial charge < -0.3 is 4.74 Å². The molecule has 0 amide bonds. The first kappa shape index (κ1) is 11.8. The first-order valence-electron chi connectivity index (χ1n) is 6.37. The molecule has 0 bridgehead atoms. The minimum atomic E-state index is 0.0323. The number of fused-ring (bicyclic) bond motifs is 1. The molecule has 1 aromatic heterocycles. The van der Waals surface area contributed by atoms with Gasteiger partial charge in [0.1, 0.15) is 11.4 Å². The molecule has 19 heavy (non-hydrogen) atoms. The monoisotopic (exact) mass is 254 g/mol. The molecule has 2 aromatic rings. The summed E-state index contributed by atoms with van der Waals surface area (Å²) in [5.41, 5.74) is 2.85. The maximum Gasteiger partial charge on any atom is 0.183 e. The topological polar surface area (TPSA) is 52.1 Å². The molecule has 4 heteroatoms. The molecule has 0 unspecified atom stereocenters. The van der Waals surface area contributed by atoms with Crippen LogP contribution < -0.4 is 4.74 Å². The zero-order chi connectivity index (χ0) is 13.1. The molecule has 3 rings (SSSR count). The lowest BCUT2D eigenvalue weighted by molar-refractivity contribution is 0.0977. The Balaban J connectivity index is 1.65. The van der Waals surface area contributed by atoms with E-state index in [4.69, 9.17) is 4.74 Å². The van der Waals surface area contributed by atoms with Gasteiger partial charge >= 0.3 is 0 Å². The molecule has 0 atom stereocenters. The van der Waals surface area contributed by atoms with Crippen LogP contribution in [0.1, 0.15) is 28.0 Å². The van der Waals surface area contributed by atoms with E-state index in [9.17, 15) is 4.79 Å². The Morgan fingerprint density at radius 2 is 2.26 bits per heavy atom. The number of hydrogen-bond acceptors (Lipinski definition) is 4. The molecule has 0 aliphatic carbocycles. The summed E-state index contributed by atoms with van der Waals surface area (Å²) in [4.78, 5) is 19.8. The quantitative estimate of drug-likeness (QED) is 0.785. The van der Waals surface area contributed by atoms with Crippen LogP contribution in [-0.2, 0) is 12.8 Å². The predicted molar refractivity (Wildman–Crippen MR) is 70.3 cm³/mol. The van der Waals surface area contributed by atoms with Crippen molar-refractivity contribution in [1.82, 2.24) is 9.97 Å². The average Bonchev–Trinajstić information content (AvgIpc) is 2.93. The number of ketones is 1. The SMILES string of the molecule is O=C(CCc1ccc2c(c1)CCO2)c1cnccn1. The predicted octanol–water partition coefficient (Wildman–Crippen LogP) is 2.23. The minimum absolute atomic E-state index is 0.0323. The molecule has 0 fully saturated rings. The van der Waals surface area contributed by atoms with Crippen LogP contribution in [0.5, 0.6) is 5.75 Å². The van der Waals surface area contributed by atoms with Gasteiger partial charge in [0, 0.05) is 25.2 Å². The number of benzene rings is 1. The highest BCUT2D eigenvalue weighted by atomic mass is 16.5. The molecule has 0 radical (unpaired) electrons. The van der Waals surface area contributed by atoms with Crippen molar-refractivity contribution in [3.8, 4) is 5.75 Å². The van der Waals surface area contributed by atoms with Crippen LogP contribution in [0, 0.1) is 0 Å². The number of hydrogen-bond donors (Lipinski definition) is 0. The highest BCUT2D eigenvalue weighted by Crippen LogP contribution is 2.26. The number of nitrogens with zero attached hydrogens (tertiary/aromatic N) is 2. The van der Waals surface area contributed by atoms with Crippen molar-refractivity contribution in [3.05, 3.63) is 53.6 Å². The lowest BCUT2D eigenvalue weighted by Gasteiger charge is -2.03. The number of rotatable bonds is 4. The zero-order valence-electron chi connectivity index (χ0n) is 10.5. The Morgan fingerprint density at radius 1 is 1.32 bits per heavy atom. The summed E-state index contributed by atoms with van der Waals surface area (Å²) in [5, 5.41) is 0. The van der Waals surface area contributed by atoms with Gasteiger partial charge in [0.25, 0.3) is 0 Å². The largest absolute Gasteiger partial charge is 0.493 e. The Kier molecular flexibility index (Phi) is 3.23. The Morgan fingerprint density at radius 3 is 3.11 bits per heavy atom. The third kappa shape index (κ3) is 2.62. The van der Waals surface area contributed by atoms with Gasteiger partial charge in [0.2, 0.25) is 0 Å². The van der Waals surface area contributed by atoms with Crippen molar-refractivity contribution >= 4 is 5.78 Å². The van der Waals surface area contributed by atoms with Crippen LogP contribution in [0.25, 0.3) is 0 Å². The molecule has 0 saturated carbocycles. The standard InChI is InChI=1S/C15H14N2O2/c18-14(13-10-16-6-7-17-13)3-1-11-2-4-15-12(9-11)5-8-19-15/h2,4,6-7,9-10H,1,3,5,8H2. The molecule has 0 spiro atoms. The Labute approximate surface area is 111 Å². The first-order chi connectivity index (χ1) is 9.33. The molecule has 0 saturated heterocycles. The van der Waals surface area contributed by atoms with Crippen molar-refractivity contribution < 1.29 is 9.53 Å². The zero-order valence-corrected chi connectivity index (χ0v) is 10.5. The number of ether oxygens (including phenoxy) is 1. The van der Waals surface area contributed by atoms with Crippen molar-refractivity contribution in [1.29, 1.82) is 0 Å². The van der Waals surface area contributed by atoms with Gasteiger partial charge in [0.15, 0.2) is 5.78 Å². The smallest absolute Gasteiger partial charge is 0.183 e. The van der Waals surface area contributed by atoms with Gasteiger partial charge in [-0.15, -0.1) is 0 Å². The van der Waals surface area contributed by atoms with E-state index >= 15 is 0 Å². The third-order valence-corrected chi connectivity index (χ3v) is 3.24. The molecule has 0 N–H and O–H groups in total. The van der Waals surface area contributed by atoms with Crippen molar-refractivity contribution in [2.45, 2.75) is 19.3 Å². The summed E-state index contributed by atoms with van der Waals surface area (Å²) >= 11 is 0. The van der Waals surface area contributed by atoms with Gasteiger partial charge in [-0.2, -0.15) is 0 Å². The van der Waals surface area contributed by atoms with E-state index < -0.39 is 0 Å². The van der Waals surface area contributed by atoms with E-state index in [0.717, 1.165) is 25.2 Å². The van der Waals surface area contributed by atoms with Crippen LogP contribution in [0.3, 0.4) is 0 Å². The first-order valence-corrected chi connectivity index (χ1v) is 6.37. The molecule has 1 aliphatic heterocycles. The Bertz CT molecular complexity index is 596. The summed E-state index contributed by atoms with van der Waals surface area (Å²) in [6.07, 6.45) is 6.76. The molecule has 1 aliphatic rings. The summed E-state index contributed by atoms with van der Waals surface area (Å²) < 4.78 is 5.46. The lowest BCUT2D eigenvalue weighted by atomic mass is 10.0. The summed E-state index contributed by atoms with van der Waals surface area (Å²) in [6, 6.07) is 6.14. The fourth-order valence-electron chi connectivity index (χ4n) is 2.22. The second-order valence-corrected chi connectivity index (χ2v) is 4.55. The van der Waals surface area contributed by atoms with E-state index in [1.165, 1.54) is 17.3 Å². The molecular weight excluding hydrogens is 240 g/mol. The second kappa shape index (κ2) is 5.18. The molecule has 4 nitrogen and oxygen atoms in total. The molecule has 96 valence electrons. The molecule has 1 aromatic carbocycles. The van der Waals surface area contributed by atoms with E-state index in [1.54, 1.807) is 12.4 Å². The van der Waals surface area contributed by atoms with Gasteiger partial charge in [-0.1, -0.05) is 12.1 Å². The Hall–Kier alpha value is -2.23. The van der Waals surface area contributed by atoms with Crippen molar-refractivity contribution in [3.63, 3.8) is 0 Å². The third-order valence-electron chi connectivity index (χ3n) is 3.24. The van der Waals surface area contributed by atoms with Crippen molar-refractivity contribution in [2.75, 3.05) is 6.61 Å². The lowest BCUT2D eigenvalue weighted by Crippen LogP contribution is -2.04. The average molecular weight is 254 g/mol. The van der Waals surface area contributed by atoms with Gasteiger partial charge in [0.05, 0.1) is 12.8 Å². The molecule has 2 heterocycles. The summed E-state index contributed by atoms with van der Waals surface area (Å²) in [5.74, 6) is 1.01. The van der Waals surface area contributed by atoms with Gasteiger partial charge in [-0.05, 0) is 23.6 Å². The van der Waals surface area contributed by atoms with Crippen molar-refractivity contribution in [2.24, 2.45) is 0 Å². The van der Waals surface area contributed by atoms with Crippen LogP contribution >= 0.6 is 0 Å². The second-order valence-electron chi connectivity index (χ2n) is 4.55. The van der Waals surface area contributed by atoms with Crippen LogP contribution in [-0.4, -0.2) is 22.4 Å². The fourth-order valence-corrected chi connectivity index (χ4v) is 2.22. The molecular formula is C15H14N2O2. The van der Waals surface area contributed by atoms with E-state index in [-0.39, 0.29) is 5.78 Å². The number of carbonyl (C=O) groups is 1.